The molecule has 0 amide bonds. The first-order valence-corrected chi connectivity index (χ1v) is 13.8. The Bertz CT molecular complexity index is 1500. The molecule has 42 heavy (non-hydrogen) atoms. The van der Waals surface area contributed by atoms with Crippen molar-refractivity contribution in [3.63, 3.8) is 0 Å². The van der Waals surface area contributed by atoms with E-state index in [1.54, 1.807) is 31.4 Å². The summed E-state index contributed by atoms with van der Waals surface area (Å²) in [7, 11) is 1.68. The van der Waals surface area contributed by atoms with Crippen LogP contribution in [0, 0.1) is 10.1 Å². The molecule has 218 valence electrons. The van der Waals surface area contributed by atoms with Crippen LogP contribution in [0.4, 0.5) is 5.69 Å². The number of anilines is 1. The first kappa shape index (κ1) is 28.7. The van der Waals surface area contributed by atoms with E-state index in [9.17, 15) is 14.9 Å². The molecule has 0 spiro atoms. The number of para-hydroxylation sites is 2. The molecule has 10 heteroatoms. The third-order valence-corrected chi connectivity index (χ3v) is 7.23. The van der Waals surface area contributed by atoms with E-state index in [2.05, 4.69) is 20.7 Å². The number of carbonyl (C=O) groups excluding carboxylic acids is 1. The molecule has 0 aromatic heterocycles. The summed E-state index contributed by atoms with van der Waals surface area (Å²) >= 11 is 0. The number of methoxy groups -OCH3 is 1. The Balaban J connectivity index is 1.26. The van der Waals surface area contributed by atoms with Gasteiger partial charge in [0, 0.05) is 38.1 Å². The van der Waals surface area contributed by atoms with Crippen LogP contribution in [0.1, 0.15) is 15.9 Å². The molecule has 1 saturated heterocycles. The van der Waals surface area contributed by atoms with Gasteiger partial charge in [-0.15, -0.1) is 10.1 Å². The highest BCUT2D eigenvalue weighted by Crippen LogP contribution is 2.29. The van der Waals surface area contributed by atoms with Crippen LogP contribution < -0.4 is 14.4 Å². The van der Waals surface area contributed by atoms with E-state index in [4.69, 9.17) is 14.2 Å². The van der Waals surface area contributed by atoms with Crippen LogP contribution in [0.5, 0.6) is 11.5 Å². The average molecular weight is 572 g/mol. The molecule has 1 aliphatic rings. The van der Waals surface area contributed by atoms with E-state index < -0.39 is 17.2 Å². The van der Waals surface area contributed by atoms with E-state index in [0.29, 0.717) is 17.7 Å². The lowest BCUT2D eigenvalue weighted by atomic mass is 10.1. The molecule has 0 radical (unpaired) electrons. The van der Waals surface area contributed by atoms with E-state index >= 15 is 0 Å². The van der Waals surface area contributed by atoms with Gasteiger partial charge in [0.1, 0.15) is 30.8 Å². The number of rotatable bonds is 12. The maximum Gasteiger partial charge on any atom is 0.338 e. The van der Waals surface area contributed by atoms with E-state index in [1.807, 2.05) is 60.7 Å². The summed E-state index contributed by atoms with van der Waals surface area (Å²) in [4.78, 5) is 32.6. The molecule has 0 N–H and O–H groups in total. The molecule has 0 bridgehead atoms. The molecular weight excluding hydrogens is 538 g/mol. The lowest BCUT2D eigenvalue weighted by Gasteiger charge is -2.37. The predicted molar refractivity (Wildman–Crippen MR) is 159 cm³/mol. The lowest BCUT2D eigenvalue weighted by Crippen LogP contribution is -2.50. The Hall–Kier alpha value is -4.83. The molecule has 4 aromatic rings. The Morgan fingerprint density at radius 2 is 1.57 bits per heavy atom. The zero-order chi connectivity index (χ0) is 29.3. The third-order valence-electron chi connectivity index (χ3n) is 7.23. The molecule has 0 saturated carbocycles. The molecule has 10 nitrogen and oxygen atoms in total. The van der Waals surface area contributed by atoms with Crippen molar-refractivity contribution in [2.24, 2.45) is 0 Å². The van der Waals surface area contributed by atoms with E-state index in [0.717, 1.165) is 54.1 Å². The molecule has 4 aromatic carbocycles. The predicted octanol–water partition coefficient (Wildman–Crippen LogP) is 4.98. The molecule has 1 atom stereocenters. The lowest BCUT2D eigenvalue weighted by molar-refractivity contribution is -0.763. The standard InChI is InChI=1S/C32H33N3O7/c1-39-31-11-5-4-10-29(31)34-19-17-33(18-20-34)21-27(23-40-30-12-6-8-25-7-2-3-9-28(25)30)42-32(36)26-15-13-24(14-16-26)22-41-35(37)38/h2-16,27H,17-23H2,1H3. The van der Waals surface area contributed by atoms with Crippen LogP contribution in [0.3, 0.4) is 0 Å². The second kappa shape index (κ2) is 13.7. The fraction of sp³-hybridized carbons (Fsp3) is 0.281. The fourth-order valence-electron chi connectivity index (χ4n) is 5.06. The molecule has 1 aliphatic heterocycles. The van der Waals surface area contributed by atoms with Crippen LogP contribution in [-0.2, 0) is 16.2 Å². The second-order valence-corrected chi connectivity index (χ2v) is 9.97. The van der Waals surface area contributed by atoms with Gasteiger partial charge >= 0.3 is 5.97 Å². The Labute approximate surface area is 244 Å². The largest absolute Gasteiger partial charge is 0.495 e. The Kier molecular flexibility index (Phi) is 9.35. The second-order valence-electron chi connectivity index (χ2n) is 9.97. The van der Waals surface area contributed by atoms with Crippen LogP contribution >= 0.6 is 0 Å². The van der Waals surface area contributed by atoms with Crippen molar-refractivity contribution in [2.45, 2.75) is 12.7 Å². The van der Waals surface area contributed by atoms with Gasteiger partial charge in [0.05, 0.1) is 18.4 Å². The van der Waals surface area contributed by atoms with Crippen LogP contribution in [0.25, 0.3) is 10.8 Å². The van der Waals surface area contributed by atoms with Gasteiger partial charge in [0.25, 0.3) is 5.09 Å². The summed E-state index contributed by atoms with van der Waals surface area (Å²) < 4.78 is 17.8. The minimum atomic E-state index is -0.848. The number of piperazine rings is 1. The number of carbonyl (C=O) groups is 1. The first-order valence-electron chi connectivity index (χ1n) is 13.8. The molecule has 0 aliphatic carbocycles. The third kappa shape index (κ3) is 7.27. The van der Waals surface area contributed by atoms with Crippen molar-refractivity contribution < 1.29 is 28.9 Å². The quantitative estimate of drug-likeness (QED) is 0.132. The van der Waals surface area contributed by atoms with Gasteiger partial charge in [0.2, 0.25) is 0 Å². The molecule has 1 unspecified atom stereocenters. The summed E-state index contributed by atoms with van der Waals surface area (Å²) in [6.07, 6.45) is -0.535. The molecule has 1 heterocycles. The smallest absolute Gasteiger partial charge is 0.338 e. The zero-order valence-corrected chi connectivity index (χ0v) is 23.4. The number of nitrogens with zero attached hydrogens (tertiary/aromatic N) is 3. The van der Waals surface area contributed by atoms with E-state index in [1.165, 1.54) is 0 Å². The number of benzene rings is 4. The van der Waals surface area contributed by atoms with Crippen molar-refractivity contribution in [3.05, 3.63) is 112 Å². The Morgan fingerprint density at radius 3 is 2.33 bits per heavy atom. The van der Waals surface area contributed by atoms with E-state index in [-0.39, 0.29) is 13.2 Å². The maximum absolute atomic E-state index is 13.1. The summed E-state index contributed by atoms with van der Waals surface area (Å²) in [5.74, 6) is 1.08. The first-order chi connectivity index (χ1) is 20.5. The summed E-state index contributed by atoms with van der Waals surface area (Å²) in [5, 5.41) is 11.7. The van der Waals surface area contributed by atoms with Gasteiger partial charge < -0.3 is 23.9 Å². The van der Waals surface area contributed by atoms with Gasteiger partial charge in [0.15, 0.2) is 0 Å². The van der Waals surface area contributed by atoms with Gasteiger partial charge in [-0.2, -0.15) is 0 Å². The van der Waals surface area contributed by atoms with Gasteiger partial charge in [-0.1, -0.05) is 60.7 Å². The number of hydrogen-bond acceptors (Lipinski definition) is 9. The summed E-state index contributed by atoms with van der Waals surface area (Å²) in [6, 6.07) is 28.2. The van der Waals surface area contributed by atoms with Crippen molar-refractivity contribution in [1.29, 1.82) is 0 Å². The molecule has 5 rings (SSSR count). The molecular formula is C32H33N3O7. The number of fused-ring (bicyclic) bond motifs is 1. The monoisotopic (exact) mass is 571 g/mol. The van der Waals surface area contributed by atoms with Crippen LogP contribution in [0.15, 0.2) is 91.0 Å². The van der Waals surface area contributed by atoms with Crippen molar-refractivity contribution in [1.82, 2.24) is 4.90 Å². The number of esters is 1. The summed E-state index contributed by atoms with van der Waals surface area (Å²) in [6.45, 7) is 3.67. The number of hydrogen-bond donors (Lipinski definition) is 0. The number of ether oxygens (including phenoxy) is 3. The minimum absolute atomic E-state index is 0.182. The highest BCUT2D eigenvalue weighted by atomic mass is 16.9. The summed E-state index contributed by atoms with van der Waals surface area (Å²) in [5.41, 5.74) is 1.98. The van der Waals surface area contributed by atoms with Gasteiger partial charge in [-0.05, 0) is 41.3 Å². The van der Waals surface area contributed by atoms with Crippen molar-refractivity contribution >= 4 is 22.4 Å². The van der Waals surface area contributed by atoms with Gasteiger partial charge in [-0.3, -0.25) is 4.90 Å². The van der Waals surface area contributed by atoms with Crippen molar-refractivity contribution in [3.8, 4) is 11.5 Å². The van der Waals surface area contributed by atoms with Crippen LogP contribution in [-0.4, -0.2) is 68.5 Å². The zero-order valence-electron chi connectivity index (χ0n) is 23.4. The molecule has 1 fully saturated rings. The minimum Gasteiger partial charge on any atom is -0.495 e. The van der Waals surface area contributed by atoms with Gasteiger partial charge in [-0.25, -0.2) is 4.79 Å². The Morgan fingerprint density at radius 1 is 0.881 bits per heavy atom. The average Bonchev–Trinajstić information content (AvgIpc) is 3.03. The van der Waals surface area contributed by atoms with Crippen LogP contribution in [0.2, 0.25) is 0 Å². The fourth-order valence-corrected chi connectivity index (χ4v) is 5.06. The highest BCUT2D eigenvalue weighted by molar-refractivity contribution is 5.89. The SMILES string of the molecule is COc1ccccc1N1CCN(CC(COc2cccc3ccccc23)OC(=O)c2ccc(CO[N+](=O)[O-])cc2)CC1. The topological polar surface area (TPSA) is 104 Å². The highest BCUT2D eigenvalue weighted by Gasteiger charge is 2.25. The maximum atomic E-state index is 13.1. The van der Waals surface area contributed by atoms with Crippen molar-refractivity contribution in [2.75, 3.05) is 51.3 Å². The normalized spacial score (nSPS) is 14.3.